The zero-order valence-electron chi connectivity index (χ0n) is 14.2. The van der Waals surface area contributed by atoms with Gasteiger partial charge in [0.15, 0.2) is 6.61 Å². The number of benzene rings is 1. The number of nitrogens with zero attached hydrogens (tertiary/aromatic N) is 1. The zero-order valence-corrected chi connectivity index (χ0v) is 15.0. The fourth-order valence-corrected chi connectivity index (χ4v) is 3.11. The molecule has 0 aromatic heterocycles. The molecule has 1 fully saturated rings. The van der Waals surface area contributed by atoms with E-state index in [0.717, 1.165) is 17.1 Å². The minimum absolute atomic E-state index is 0.0101. The molecule has 0 aliphatic carbocycles. The molecule has 1 heterocycles. The van der Waals surface area contributed by atoms with Crippen molar-refractivity contribution in [2.24, 2.45) is 0 Å². The molecule has 8 heteroatoms. The molecule has 0 bridgehead atoms. The molecular formula is C17H22N2O5S. The van der Waals surface area contributed by atoms with E-state index in [4.69, 9.17) is 9.47 Å². The molecule has 136 valence electrons. The van der Waals surface area contributed by atoms with Crippen LogP contribution in [0.25, 0.3) is 0 Å². The first-order valence-electron chi connectivity index (χ1n) is 8.05. The van der Waals surface area contributed by atoms with E-state index in [1.165, 1.54) is 11.8 Å². The smallest absolute Gasteiger partial charge is 0.308 e. The van der Waals surface area contributed by atoms with Gasteiger partial charge in [-0.3, -0.25) is 14.4 Å². The Morgan fingerprint density at radius 1 is 1.28 bits per heavy atom. The van der Waals surface area contributed by atoms with Crippen LogP contribution in [-0.4, -0.2) is 61.1 Å². The Balaban J connectivity index is 1.56. The Kier molecular flexibility index (Phi) is 7.59. The van der Waals surface area contributed by atoms with Gasteiger partial charge in [-0.05, 0) is 24.1 Å². The Morgan fingerprint density at radius 3 is 2.68 bits per heavy atom. The summed E-state index contributed by atoms with van der Waals surface area (Å²) in [4.78, 5) is 36.3. The molecule has 0 radical (unpaired) electrons. The van der Waals surface area contributed by atoms with Crippen molar-refractivity contribution in [3.05, 3.63) is 29.8 Å². The minimum Gasteiger partial charge on any atom is -0.497 e. The minimum atomic E-state index is -0.477. The summed E-state index contributed by atoms with van der Waals surface area (Å²) >= 11 is 1.25. The second-order valence-electron chi connectivity index (χ2n) is 5.46. The predicted molar refractivity (Wildman–Crippen MR) is 94.7 cm³/mol. The van der Waals surface area contributed by atoms with Crippen LogP contribution in [0.2, 0.25) is 0 Å². The maximum atomic E-state index is 11.7. The van der Waals surface area contributed by atoms with E-state index in [1.54, 1.807) is 12.0 Å². The lowest BCUT2D eigenvalue weighted by atomic mass is 10.1. The van der Waals surface area contributed by atoms with Crippen LogP contribution in [0.4, 0.5) is 4.79 Å². The Labute approximate surface area is 151 Å². The lowest BCUT2D eigenvalue weighted by Gasteiger charge is -2.13. The highest BCUT2D eigenvalue weighted by Gasteiger charge is 2.21. The summed E-state index contributed by atoms with van der Waals surface area (Å²) in [5, 5.41) is 2.69. The van der Waals surface area contributed by atoms with Crippen LogP contribution in [0.3, 0.4) is 0 Å². The molecule has 1 aromatic rings. The van der Waals surface area contributed by atoms with Gasteiger partial charge >= 0.3 is 5.97 Å². The van der Waals surface area contributed by atoms with Crippen LogP contribution in [0.15, 0.2) is 24.3 Å². The maximum absolute atomic E-state index is 11.7. The van der Waals surface area contributed by atoms with Crippen molar-refractivity contribution in [1.82, 2.24) is 10.2 Å². The summed E-state index contributed by atoms with van der Waals surface area (Å²) in [6.07, 6.45) is 0.782. The van der Waals surface area contributed by atoms with Crippen molar-refractivity contribution in [1.29, 1.82) is 0 Å². The maximum Gasteiger partial charge on any atom is 0.308 e. The Bertz CT molecular complexity index is 606. The van der Waals surface area contributed by atoms with Gasteiger partial charge in [-0.2, -0.15) is 0 Å². The predicted octanol–water partition coefficient (Wildman–Crippen LogP) is 1.46. The number of carbonyl (C=O) groups excluding carboxylic acids is 3. The molecule has 2 amide bonds. The van der Waals surface area contributed by atoms with Gasteiger partial charge in [-0.25, -0.2) is 0 Å². The average molecular weight is 366 g/mol. The average Bonchev–Trinajstić information content (AvgIpc) is 3.03. The van der Waals surface area contributed by atoms with Crippen molar-refractivity contribution in [2.75, 3.05) is 39.1 Å². The molecule has 2 rings (SSSR count). The molecule has 1 saturated heterocycles. The summed E-state index contributed by atoms with van der Waals surface area (Å²) in [6, 6.07) is 7.59. The number of rotatable bonds is 9. The summed E-state index contributed by atoms with van der Waals surface area (Å²) in [5.41, 5.74) is 1.08. The highest BCUT2D eigenvalue weighted by Crippen LogP contribution is 2.17. The molecule has 1 aromatic carbocycles. The van der Waals surface area contributed by atoms with Crippen LogP contribution in [0.1, 0.15) is 12.0 Å². The molecular weight excluding hydrogens is 344 g/mol. The highest BCUT2D eigenvalue weighted by molar-refractivity contribution is 8.13. The second-order valence-corrected chi connectivity index (χ2v) is 6.51. The molecule has 1 aliphatic rings. The number of esters is 1. The third-order valence-corrected chi connectivity index (χ3v) is 4.58. The molecule has 1 aliphatic heterocycles. The van der Waals surface area contributed by atoms with Crippen LogP contribution < -0.4 is 10.1 Å². The lowest BCUT2D eigenvalue weighted by molar-refractivity contribution is -0.148. The largest absolute Gasteiger partial charge is 0.497 e. The number of hydrogen-bond donors (Lipinski definition) is 1. The molecule has 0 spiro atoms. The SMILES string of the molecule is COc1ccc(CCNC(=O)COC(=O)CCN2CCSC2=O)cc1. The Morgan fingerprint density at radius 2 is 2.04 bits per heavy atom. The van der Waals surface area contributed by atoms with E-state index >= 15 is 0 Å². The van der Waals surface area contributed by atoms with Gasteiger partial charge in [0, 0.05) is 25.4 Å². The number of amides is 2. The normalized spacial score (nSPS) is 13.6. The van der Waals surface area contributed by atoms with Gasteiger partial charge in [0.1, 0.15) is 5.75 Å². The first-order valence-corrected chi connectivity index (χ1v) is 9.04. The van der Waals surface area contributed by atoms with Crippen molar-refractivity contribution in [2.45, 2.75) is 12.8 Å². The molecule has 25 heavy (non-hydrogen) atoms. The van der Waals surface area contributed by atoms with Crippen LogP contribution in [-0.2, 0) is 20.7 Å². The standard InChI is InChI=1S/C17H22N2O5S/c1-23-14-4-2-13(3-5-14)6-8-18-15(20)12-24-16(21)7-9-19-10-11-25-17(19)22/h2-5H,6-12H2,1H3,(H,18,20). The fourth-order valence-electron chi connectivity index (χ4n) is 2.26. The van der Waals surface area contributed by atoms with E-state index in [1.807, 2.05) is 24.3 Å². The van der Waals surface area contributed by atoms with Gasteiger partial charge in [0.2, 0.25) is 0 Å². The zero-order chi connectivity index (χ0) is 18.1. The third-order valence-electron chi connectivity index (χ3n) is 3.69. The van der Waals surface area contributed by atoms with E-state index in [0.29, 0.717) is 26.1 Å². The number of carbonyl (C=O) groups is 3. The summed E-state index contributed by atoms with van der Waals surface area (Å²) in [5.74, 6) is 0.725. The lowest BCUT2D eigenvalue weighted by Crippen LogP contribution is -2.31. The van der Waals surface area contributed by atoms with Crippen molar-refractivity contribution < 1.29 is 23.9 Å². The highest BCUT2D eigenvalue weighted by atomic mass is 32.2. The van der Waals surface area contributed by atoms with Crippen LogP contribution >= 0.6 is 11.8 Å². The first kappa shape index (κ1) is 19.1. The summed E-state index contributed by atoms with van der Waals surface area (Å²) in [6.45, 7) is 1.15. The van der Waals surface area contributed by atoms with Gasteiger partial charge in [-0.1, -0.05) is 23.9 Å². The van der Waals surface area contributed by atoms with Crippen molar-refractivity contribution in [3.8, 4) is 5.75 Å². The number of ether oxygens (including phenoxy) is 2. The molecule has 1 N–H and O–H groups in total. The molecule has 0 unspecified atom stereocenters. The van der Waals surface area contributed by atoms with Crippen molar-refractivity contribution >= 4 is 28.9 Å². The van der Waals surface area contributed by atoms with Crippen LogP contribution in [0, 0.1) is 0 Å². The van der Waals surface area contributed by atoms with Gasteiger partial charge in [0.25, 0.3) is 11.1 Å². The van der Waals surface area contributed by atoms with E-state index in [9.17, 15) is 14.4 Å². The number of methoxy groups -OCH3 is 1. The molecule has 0 saturated carbocycles. The number of thioether (sulfide) groups is 1. The van der Waals surface area contributed by atoms with Gasteiger partial charge in [-0.15, -0.1) is 0 Å². The fraction of sp³-hybridized carbons (Fsp3) is 0.471. The monoisotopic (exact) mass is 366 g/mol. The summed E-state index contributed by atoms with van der Waals surface area (Å²) < 4.78 is 10.0. The number of nitrogens with one attached hydrogen (secondary N) is 1. The van der Waals surface area contributed by atoms with E-state index in [2.05, 4.69) is 5.32 Å². The third kappa shape index (κ3) is 6.66. The van der Waals surface area contributed by atoms with Gasteiger partial charge < -0.3 is 19.7 Å². The second kappa shape index (κ2) is 9.93. The molecule has 7 nitrogen and oxygen atoms in total. The van der Waals surface area contributed by atoms with Crippen LogP contribution in [0.5, 0.6) is 5.75 Å². The van der Waals surface area contributed by atoms with E-state index in [-0.39, 0.29) is 24.2 Å². The molecule has 0 atom stereocenters. The van der Waals surface area contributed by atoms with E-state index < -0.39 is 5.97 Å². The Hall–Kier alpha value is -2.22. The number of hydrogen-bond acceptors (Lipinski definition) is 6. The quantitative estimate of drug-likeness (QED) is 0.666. The summed E-state index contributed by atoms with van der Waals surface area (Å²) in [7, 11) is 1.61. The first-order chi connectivity index (χ1) is 12.1. The van der Waals surface area contributed by atoms with Crippen molar-refractivity contribution in [3.63, 3.8) is 0 Å². The topological polar surface area (TPSA) is 84.9 Å². The van der Waals surface area contributed by atoms with Gasteiger partial charge in [0.05, 0.1) is 13.5 Å².